The first-order chi connectivity index (χ1) is 8.13. The van der Waals surface area contributed by atoms with Crippen LogP contribution in [0.2, 0.25) is 0 Å². The highest BCUT2D eigenvalue weighted by Gasteiger charge is 2.09. The van der Waals surface area contributed by atoms with E-state index in [1.54, 1.807) is 0 Å². The van der Waals surface area contributed by atoms with Crippen LogP contribution in [-0.2, 0) is 9.53 Å². The predicted molar refractivity (Wildman–Crippen MR) is 70.8 cm³/mol. The summed E-state index contributed by atoms with van der Waals surface area (Å²) in [4.78, 5) is 13.2. The standard InChI is InChI=1S/C10H17N3O2S2/c1-4-5-6-15-8(14)7-16-10-12-11-9(17-10)13(2)3/h4-7H2,1-3H3. The molecule has 0 radical (unpaired) electrons. The number of carbonyl (C=O) groups excluding carboxylic acids is 1. The Bertz CT molecular complexity index is 355. The number of unbranched alkanes of at least 4 members (excludes halogenated alkanes) is 1. The quantitative estimate of drug-likeness (QED) is 0.431. The van der Waals surface area contributed by atoms with Gasteiger partial charge < -0.3 is 9.64 Å². The van der Waals surface area contributed by atoms with E-state index in [9.17, 15) is 4.79 Å². The third-order valence-corrected chi connectivity index (χ3v) is 4.05. The molecule has 0 amide bonds. The lowest BCUT2D eigenvalue weighted by Crippen LogP contribution is -2.08. The van der Waals surface area contributed by atoms with Crippen LogP contribution in [0.4, 0.5) is 5.13 Å². The highest BCUT2D eigenvalue weighted by atomic mass is 32.2. The number of hydrogen-bond acceptors (Lipinski definition) is 7. The Morgan fingerprint density at radius 3 is 2.82 bits per heavy atom. The fraction of sp³-hybridized carbons (Fsp3) is 0.700. The number of esters is 1. The van der Waals surface area contributed by atoms with Crippen molar-refractivity contribution in [3.63, 3.8) is 0 Å². The highest BCUT2D eigenvalue weighted by molar-refractivity contribution is 8.01. The van der Waals surface area contributed by atoms with Gasteiger partial charge >= 0.3 is 5.97 Å². The van der Waals surface area contributed by atoms with Crippen LogP contribution in [0.1, 0.15) is 19.8 Å². The molecule has 0 fully saturated rings. The first-order valence-electron chi connectivity index (χ1n) is 5.42. The van der Waals surface area contributed by atoms with Crippen molar-refractivity contribution in [2.75, 3.05) is 31.4 Å². The molecule has 0 aromatic carbocycles. The minimum absolute atomic E-state index is 0.190. The Morgan fingerprint density at radius 1 is 1.47 bits per heavy atom. The molecule has 17 heavy (non-hydrogen) atoms. The van der Waals surface area contributed by atoms with E-state index in [0.29, 0.717) is 12.4 Å². The molecule has 1 aromatic rings. The van der Waals surface area contributed by atoms with Crippen molar-refractivity contribution in [2.45, 2.75) is 24.1 Å². The minimum atomic E-state index is -0.190. The Labute approximate surface area is 110 Å². The summed E-state index contributed by atoms with van der Waals surface area (Å²) in [6.45, 7) is 2.57. The molecule has 0 aliphatic rings. The third kappa shape index (κ3) is 5.36. The molecule has 1 aromatic heterocycles. The van der Waals surface area contributed by atoms with E-state index in [-0.39, 0.29) is 5.97 Å². The van der Waals surface area contributed by atoms with Gasteiger partial charge in [-0.05, 0) is 6.42 Å². The number of ether oxygens (including phenoxy) is 1. The van der Waals surface area contributed by atoms with Crippen LogP contribution in [0.15, 0.2) is 4.34 Å². The number of thioether (sulfide) groups is 1. The van der Waals surface area contributed by atoms with Gasteiger partial charge in [-0.1, -0.05) is 36.4 Å². The van der Waals surface area contributed by atoms with Gasteiger partial charge in [0.25, 0.3) is 0 Å². The van der Waals surface area contributed by atoms with Crippen LogP contribution in [-0.4, -0.2) is 42.6 Å². The molecule has 1 rings (SSSR count). The van der Waals surface area contributed by atoms with Crippen LogP contribution < -0.4 is 4.90 Å². The molecule has 0 N–H and O–H groups in total. The lowest BCUT2D eigenvalue weighted by atomic mass is 10.4. The molecule has 96 valence electrons. The zero-order valence-electron chi connectivity index (χ0n) is 10.3. The van der Waals surface area contributed by atoms with E-state index in [1.807, 2.05) is 19.0 Å². The molecule has 1 heterocycles. The third-order valence-electron chi connectivity index (χ3n) is 1.85. The first kappa shape index (κ1) is 14.2. The minimum Gasteiger partial charge on any atom is -0.465 e. The number of anilines is 1. The largest absolute Gasteiger partial charge is 0.465 e. The second kappa shape index (κ2) is 7.50. The molecule has 0 spiro atoms. The molecule has 0 bridgehead atoms. The number of carbonyl (C=O) groups is 1. The van der Waals surface area contributed by atoms with E-state index in [1.165, 1.54) is 23.1 Å². The highest BCUT2D eigenvalue weighted by Crippen LogP contribution is 2.26. The number of hydrogen-bond donors (Lipinski definition) is 0. The number of aromatic nitrogens is 2. The van der Waals surface area contributed by atoms with Gasteiger partial charge in [0.15, 0.2) is 4.34 Å². The summed E-state index contributed by atoms with van der Waals surface area (Å²) < 4.78 is 5.84. The Kier molecular flexibility index (Phi) is 6.28. The topological polar surface area (TPSA) is 55.3 Å². The summed E-state index contributed by atoms with van der Waals surface area (Å²) in [6.07, 6.45) is 1.95. The second-order valence-corrected chi connectivity index (χ2v) is 5.79. The van der Waals surface area contributed by atoms with Crippen LogP contribution in [0.3, 0.4) is 0 Å². The van der Waals surface area contributed by atoms with E-state index < -0.39 is 0 Å². The molecule has 0 atom stereocenters. The van der Waals surface area contributed by atoms with Gasteiger partial charge in [-0.25, -0.2) is 0 Å². The Hall–Kier alpha value is -0.820. The molecule has 0 saturated heterocycles. The second-order valence-electron chi connectivity index (χ2n) is 3.61. The maximum atomic E-state index is 11.3. The van der Waals surface area contributed by atoms with Crippen LogP contribution in [0.5, 0.6) is 0 Å². The molecule has 7 heteroatoms. The van der Waals surface area contributed by atoms with Gasteiger partial charge in [-0.3, -0.25) is 4.79 Å². The lowest BCUT2D eigenvalue weighted by molar-refractivity contribution is -0.140. The van der Waals surface area contributed by atoms with E-state index in [0.717, 1.165) is 22.3 Å². The van der Waals surface area contributed by atoms with Crippen LogP contribution in [0, 0.1) is 0 Å². The smallest absolute Gasteiger partial charge is 0.316 e. The summed E-state index contributed by atoms with van der Waals surface area (Å²) in [5, 5.41) is 8.82. The van der Waals surface area contributed by atoms with Crippen LogP contribution in [0.25, 0.3) is 0 Å². The summed E-state index contributed by atoms with van der Waals surface area (Å²) in [7, 11) is 3.82. The van der Waals surface area contributed by atoms with Gasteiger partial charge in [0.2, 0.25) is 5.13 Å². The normalized spacial score (nSPS) is 10.3. The van der Waals surface area contributed by atoms with Crippen LogP contribution >= 0.6 is 23.1 Å². The monoisotopic (exact) mass is 275 g/mol. The molecular formula is C10H17N3O2S2. The summed E-state index contributed by atoms with van der Waals surface area (Å²) in [6, 6.07) is 0. The maximum absolute atomic E-state index is 11.3. The maximum Gasteiger partial charge on any atom is 0.316 e. The van der Waals surface area contributed by atoms with Crippen molar-refractivity contribution in [1.29, 1.82) is 0 Å². The Balaban J connectivity index is 2.27. The van der Waals surface area contributed by atoms with Gasteiger partial charge in [0, 0.05) is 14.1 Å². The van der Waals surface area contributed by atoms with E-state index in [2.05, 4.69) is 17.1 Å². The van der Waals surface area contributed by atoms with E-state index >= 15 is 0 Å². The Morgan fingerprint density at radius 2 is 2.24 bits per heavy atom. The van der Waals surface area contributed by atoms with Crippen molar-refractivity contribution in [3.05, 3.63) is 0 Å². The van der Waals surface area contributed by atoms with Crippen molar-refractivity contribution in [2.24, 2.45) is 0 Å². The predicted octanol–water partition coefficient (Wildman–Crippen LogP) is 2.04. The molecule has 0 aliphatic heterocycles. The average molecular weight is 275 g/mol. The van der Waals surface area contributed by atoms with E-state index in [4.69, 9.17) is 4.74 Å². The SMILES string of the molecule is CCCCOC(=O)CSc1nnc(N(C)C)s1. The summed E-state index contributed by atoms with van der Waals surface area (Å²) in [5.74, 6) is 0.108. The first-order valence-corrected chi connectivity index (χ1v) is 7.23. The molecule has 0 aliphatic carbocycles. The molecule has 0 saturated carbocycles. The van der Waals surface area contributed by atoms with Gasteiger partial charge in [0.05, 0.1) is 12.4 Å². The molecule has 0 unspecified atom stereocenters. The molecule has 5 nitrogen and oxygen atoms in total. The fourth-order valence-corrected chi connectivity index (χ4v) is 2.50. The zero-order chi connectivity index (χ0) is 12.7. The average Bonchev–Trinajstić information content (AvgIpc) is 2.75. The number of rotatable bonds is 7. The van der Waals surface area contributed by atoms with Crippen molar-refractivity contribution < 1.29 is 9.53 Å². The van der Waals surface area contributed by atoms with Gasteiger partial charge in [0.1, 0.15) is 0 Å². The lowest BCUT2D eigenvalue weighted by Gasteiger charge is -2.03. The fourth-order valence-electron chi connectivity index (χ4n) is 0.934. The van der Waals surface area contributed by atoms with Crippen molar-refractivity contribution in [3.8, 4) is 0 Å². The summed E-state index contributed by atoms with van der Waals surface area (Å²) >= 11 is 2.84. The van der Waals surface area contributed by atoms with Gasteiger partial charge in [-0.15, -0.1) is 10.2 Å². The zero-order valence-corrected chi connectivity index (χ0v) is 11.9. The van der Waals surface area contributed by atoms with Crippen molar-refractivity contribution in [1.82, 2.24) is 10.2 Å². The number of nitrogens with zero attached hydrogens (tertiary/aromatic N) is 3. The van der Waals surface area contributed by atoms with Gasteiger partial charge in [-0.2, -0.15) is 0 Å². The molecular weight excluding hydrogens is 258 g/mol. The summed E-state index contributed by atoms with van der Waals surface area (Å²) in [5.41, 5.74) is 0. The van der Waals surface area contributed by atoms with Crippen molar-refractivity contribution >= 4 is 34.2 Å².